The smallest absolute Gasteiger partial charge is 0.254 e. The van der Waals surface area contributed by atoms with E-state index in [1.807, 2.05) is 36.2 Å². The zero-order valence-corrected chi connectivity index (χ0v) is 16.6. The van der Waals surface area contributed by atoms with Crippen LogP contribution in [-0.4, -0.2) is 48.1 Å². The molecule has 27 heavy (non-hydrogen) atoms. The van der Waals surface area contributed by atoms with Gasteiger partial charge in [0, 0.05) is 29.3 Å². The van der Waals surface area contributed by atoms with Crippen LogP contribution >= 0.6 is 23.2 Å². The van der Waals surface area contributed by atoms with Crippen molar-refractivity contribution < 1.29 is 9.53 Å². The molecule has 0 radical (unpaired) electrons. The van der Waals surface area contributed by atoms with Crippen LogP contribution in [0.2, 0.25) is 10.0 Å². The van der Waals surface area contributed by atoms with E-state index in [1.54, 1.807) is 12.3 Å². The number of aromatic nitrogens is 1. The highest BCUT2D eigenvalue weighted by Crippen LogP contribution is 2.37. The minimum Gasteiger partial charge on any atom is -0.365 e. The summed E-state index contributed by atoms with van der Waals surface area (Å²) in [4.78, 5) is 21.4. The summed E-state index contributed by atoms with van der Waals surface area (Å²) in [6.45, 7) is 4.43. The molecule has 1 aromatic carbocycles. The van der Waals surface area contributed by atoms with Gasteiger partial charge in [-0.2, -0.15) is 0 Å². The van der Waals surface area contributed by atoms with Crippen LogP contribution in [0.25, 0.3) is 0 Å². The maximum absolute atomic E-state index is 13.2. The van der Waals surface area contributed by atoms with Gasteiger partial charge >= 0.3 is 0 Å². The number of benzene rings is 1. The number of nitrogens with zero attached hydrogens (tertiary/aromatic N) is 3. The van der Waals surface area contributed by atoms with E-state index in [0.29, 0.717) is 29.7 Å². The van der Waals surface area contributed by atoms with Gasteiger partial charge in [-0.3, -0.25) is 9.78 Å². The molecular weight excluding hydrogens is 385 g/mol. The molecule has 142 valence electrons. The first-order valence-corrected chi connectivity index (χ1v) is 9.85. The molecule has 1 aromatic heterocycles. The molecule has 2 atom stereocenters. The Balaban J connectivity index is 1.52. The largest absolute Gasteiger partial charge is 0.365 e. The molecule has 4 rings (SSSR count). The van der Waals surface area contributed by atoms with Gasteiger partial charge in [0.1, 0.15) is 0 Å². The average Bonchev–Trinajstić information content (AvgIpc) is 2.68. The Morgan fingerprint density at radius 3 is 2.93 bits per heavy atom. The lowest BCUT2D eigenvalue weighted by Crippen LogP contribution is -2.52. The predicted molar refractivity (Wildman–Crippen MR) is 106 cm³/mol. The molecule has 7 heteroatoms. The second kappa shape index (κ2) is 7.66. The number of hydrogen-bond donors (Lipinski definition) is 0. The third kappa shape index (κ3) is 3.64. The number of carbonyl (C=O) groups excluding carboxylic acids is 1. The lowest BCUT2D eigenvalue weighted by molar-refractivity contribution is -0.147. The summed E-state index contributed by atoms with van der Waals surface area (Å²) in [7, 11) is 0. The Labute approximate surface area is 168 Å². The van der Waals surface area contributed by atoms with Gasteiger partial charge in [0.2, 0.25) is 0 Å². The molecule has 3 heterocycles. The van der Waals surface area contributed by atoms with Crippen LogP contribution in [0.4, 0.5) is 5.69 Å². The van der Waals surface area contributed by atoms with Crippen LogP contribution in [0.5, 0.6) is 0 Å². The topological polar surface area (TPSA) is 45.7 Å². The zero-order valence-electron chi connectivity index (χ0n) is 15.1. The van der Waals surface area contributed by atoms with Crippen LogP contribution < -0.4 is 4.90 Å². The van der Waals surface area contributed by atoms with Crippen molar-refractivity contribution in [1.29, 1.82) is 0 Å². The maximum atomic E-state index is 13.2. The summed E-state index contributed by atoms with van der Waals surface area (Å²) in [5, 5.41) is 1.25. The lowest BCUT2D eigenvalue weighted by atomic mass is 9.93. The molecule has 0 saturated carbocycles. The molecule has 1 fully saturated rings. The number of rotatable bonds is 2. The average molecular weight is 406 g/mol. The number of fused-ring (bicyclic) bond motifs is 1. The normalized spacial score (nSPS) is 22.5. The van der Waals surface area contributed by atoms with E-state index in [4.69, 9.17) is 27.9 Å². The third-order valence-corrected chi connectivity index (χ3v) is 5.85. The van der Waals surface area contributed by atoms with Gasteiger partial charge in [-0.1, -0.05) is 23.2 Å². The number of amides is 1. The van der Waals surface area contributed by atoms with E-state index in [0.717, 1.165) is 29.8 Å². The fourth-order valence-electron chi connectivity index (χ4n) is 3.96. The van der Waals surface area contributed by atoms with Gasteiger partial charge < -0.3 is 14.5 Å². The number of anilines is 1. The van der Waals surface area contributed by atoms with Crippen molar-refractivity contribution in [1.82, 2.24) is 9.88 Å². The van der Waals surface area contributed by atoms with Gasteiger partial charge in [0.05, 0.1) is 31.1 Å². The van der Waals surface area contributed by atoms with Crippen molar-refractivity contribution in [3.05, 3.63) is 57.8 Å². The summed E-state index contributed by atoms with van der Waals surface area (Å²) in [5.41, 5.74) is 3.11. The Bertz CT molecular complexity index is 847. The minimum absolute atomic E-state index is 0.00718. The van der Waals surface area contributed by atoms with E-state index in [1.165, 1.54) is 0 Å². The molecule has 2 aliphatic rings. The quantitative estimate of drug-likeness (QED) is 0.763. The Morgan fingerprint density at radius 1 is 1.30 bits per heavy atom. The van der Waals surface area contributed by atoms with Crippen molar-refractivity contribution in [2.24, 2.45) is 0 Å². The van der Waals surface area contributed by atoms with Gasteiger partial charge in [0.15, 0.2) is 6.10 Å². The standard InChI is InChI=1S/C20H21Cl2N3O2/c1-13-19-14(9-15(21)10-17(19)22)4-6-25(13)20(26)18-12-24(7-8-27-18)16-3-2-5-23-11-16/h2-3,5,9-11,13,18H,4,6-8,12H2,1H3/t13?,18-/m1/s1. The van der Waals surface area contributed by atoms with E-state index >= 15 is 0 Å². The molecular formula is C20H21Cl2N3O2. The van der Waals surface area contributed by atoms with Crippen LogP contribution in [-0.2, 0) is 16.0 Å². The molecule has 1 saturated heterocycles. The van der Waals surface area contributed by atoms with Gasteiger partial charge in [-0.15, -0.1) is 0 Å². The Hall–Kier alpha value is -1.82. The maximum Gasteiger partial charge on any atom is 0.254 e. The van der Waals surface area contributed by atoms with E-state index in [2.05, 4.69) is 9.88 Å². The van der Waals surface area contributed by atoms with Crippen LogP contribution in [0.3, 0.4) is 0 Å². The highest BCUT2D eigenvalue weighted by Gasteiger charge is 2.36. The van der Waals surface area contributed by atoms with Crippen LogP contribution in [0.1, 0.15) is 24.1 Å². The zero-order chi connectivity index (χ0) is 19.0. The molecule has 0 aliphatic carbocycles. The number of hydrogen-bond acceptors (Lipinski definition) is 4. The number of halogens is 2. The van der Waals surface area contributed by atoms with Gasteiger partial charge in [0.25, 0.3) is 5.91 Å². The number of carbonyl (C=O) groups is 1. The Morgan fingerprint density at radius 2 is 2.15 bits per heavy atom. The first-order chi connectivity index (χ1) is 13.0. The monoisotopic (exact) mass is 405 g/mol. The second-order valence-electron chi connectivity index (χ2n) is 6.93. The molecule has 2 aliphatic heterocycles. The van der Waals surface area contributed by atoms with Crippen molar-refractivity contribution in [3.63, 3.8) is 0 Å². The fraction of sp³-hybridized carbons (Fsp3) is 0.400. The molecule has 0 spiro atoms. The van der Waals surface area contributed by atoms with E-state index < -0.39 is 6.10 Å². The molecule has 1 unspecified atom stereocenters. The van der Waals surface area contributed by atoms with Crippen molar-refractivity contribution >= 4 is 34.8 Å². The first-order valence-electron chi connectivity index (χ1n) is 9.09. The van der Waals surface area contributed by atoms with Gasteiger partial charge in [-0.25, -0.2) is 0 Å². The summed E-state index contributed by atoms with van der Waals surface area (Å²) in [6, 6.07) is 7.49. The predicted octanol–water partition coefficient (Wildman–Crippen LogP) is 3.74. The van der Waals surface area contributed by atoms with Gasteiger partial charge in [-0.05, 0) is 48.7 Å². The van der Waals surface area contributed by atoms with E-state index in [-0.39, 0.29) is 11.9 Å². The number of pyridine rings is 1. The van der Waals surface area contributed by atoms with Crippen LogP contribution in [0, 0.1) is 0 Å². The SMILES string of the molecule is CC1c2c(Cl)cc(Cl)cc2CCN1C(=O)[C@H]1CN(c2cccnc2)CCO1. The number of ether oxygens (including phenoxy) is 1. The summed E-state index contributed by atoms with van der Waals surface area (Å²) >= 11 is 12.6. The third-order valence-electron chi connectivity index (χ3n) is 5.32. The molecule has 5 nitrogen and oxygen atoms in total. The first kappa shape index (κ1) is 18.5. The van der Waals surface area contributed by atoms with E-state index in [9.17, 15) is 4.79 Å². The second-order valence-corrected chi connectivity index (χ2v) is 7.78. The summed E-state index contributed by atoms with van der Waals surface area (Å²) in [6.07, 6.45) is 3.81. The molecule has 0 bridgehead atoms. The lowest BCUT2D eigenvalue weighted by Gasteiger charge is -2.40. The summed E-state index contributed by atoms with van der Waals surface area (Å²) in [5.74, 6) is 0.00718. The Kier molecular flexibility index (Phi) is 5.26. The van der Waals surface area contributed by atoms with Crippen molar-refractivity contribution in [3.8, 4) is 0 Å². The van der Waals surface area contributed by atoms with Crippen molar-refractivity contribution in [2.45, 2.75) is 25.5 Å². The minimum atomic E-state index is -0.492. The number of morpholine rings is 1. The highest BCUT2D eigenvalue weighted by molar-refractivity contribution is 6.35. The highest BCUT2D eigenvalue weighted by atomic mass is 35.5. The van der Waals surface area contributed by atoms with Crippen molar-refractivity contribution in [2.75, 3.05) is 31.1 Å². The molecule has 2 aromatic rings. The van der Waals surface area contributed by atoms with Crippen LogP contribution in [0.15, 0.2) is 36.7 Å². The molecule has 1 amide bonds. The fourth-order valence-corrected chi connectivity index (χ4v) is 4.66. The molecule has 0 N–H and O–H groups in total. The summed E-state index contributed by atoms with van der Waals surface area (Å²) < 4.78 is 5.82.